The Bertz CT molecular complexity index is 286. The maximum Gasteiger partial charge on any atom is 0.191 e. The Labute approximate surface area is 142 Å². The van der Waals surface area contributed by atoms with Gasteiger partial charge in [-0.3, -0.25) is 4.99 Å². The second-order valence-electron chi connectivity index (χ2n) is 6.50. The van der Waals surface area contributed by atoms with E-state index in [1.807, 2.05) is 0 Å². The van der Waals surface area contributed by atoms with Gasteiger partial charge in [0.1, 0.15) is 0 Å². The molecular formula is C15H33IN4. The molecule has 0 aliphatic carbocycles. The van der Waals surface area contributed by atoms with Gasteiger partial charge in [0.25, 0.3) is 0 Å². The Hall–Kier alpha value is -0.0400. The number of aliphatic imine (C=N–C) groups is 1. The van der Waals surface area contributed by atoms with Crippen molar-refractivity contribution in [2.75, 3.05) is 32.7 Å². The Kier molecular flexibility index (Phi) is 9.80. The molecule has 1 rings (SSSR count). The van der Waals surface area contributed by atoms with Crippen molar-refractivity contribution < 1.29 is 0 Å². The fourth-order valence-corrected chi connectivity index (χ4v) is 2.47. The van der Waals surface area contributed by atoms with Crippen molar-refractivity contribution in [1.82, 2.24) is 15.5 Å². The third-order valence-electron chi connectivity index (χ3n) is 3.40. The van der Waals surface area contributed by atoms with Crippen molar-refractivity contribution in [2.24, 2.45) is 10.9 Å². The molecule has 20 heavy (non-hydrogen) atoms. The van der Waals surface area contributed by atoms with Gasteiger partial charge in [0, 0.05) is 25.2 Å². The summed E-state index contributed by atoms with van der Waals surface area (Å²) in [6.07, 6.45) is 2.63. The van der Waals surface area contributed by atoms with Gasteiger partial charge in [-0.25, -0.2) is 0 Å². The molecule has 1 aliphatic heterocycles. The largest absolute Gasteiger partial charge is 0.357 e. The lowest BCUT2D eigenvalue weighted by Gasteiger charge is -2.31. The van der Waals surface area contributed by atoms with Gasteiger partial charge in [-0.05, 0) is 59.5 Å². The Morgan fingerprint density at radius 3 is 2.55 bits per heavy atom. The van der Waals surface area contributed by atoms with E-state index in [0.717, 1.165) is 19.0 Å². The topological polar surface area (TPSA) is 39.7 Å². The SMILES string of the molecule is CCNC(=NCC1CCCN(CC)C1)NC(C)(C)C.I. The number of nitrogens with zero attached hydrogens (tertiary/aromatic N) is 2. The predicted octanol–water partition coefficient (Wildman–Crippen LogP) is 2.69. The molecule has 1 saturated heterocycles. The van der Waals surface area contributed by atoms with Crippen LogP contribution in [0.1, 0.15) is 47.5 Å². The molecule has 4 nitrogen and oxygen atoms in total. The minimum atomic E-state index is 0. The van der Waals surface area contributed by atoms with E-state index in [1.54, 1.807) is 0 Å². The number of halogens is 1. The first kappa shape index (κ1) is 20.0. The van der Waals surface area contributed by atoms with Crippen LogP contribution >= 0.6 is 24.0 Å². The molecule has 0 radical (unpaired) electrons. The van der Waals surface area contributed by atoms with E-state index < -0.39 is 0 Å². The third-order valence-corrected chi connectivity index (χ3v) is 3.40. The molecule has 0 aromatic carbocycles. The number of nitrogens with one attached hydrogen (secondary N) is 2. The van der Waals surface area contributed by atoms with Gasteiger partial charge in [0.2, 0.25) is 0 Å². The van der Waals surface area contributed by atoms with Crippen LogP contribution in [0.2, 0.25) is 0 Å². The number of hydrogen-bond donors (Lipinski definition) is 2. The summed E-state index contributed by atoms with van der Waals surface area (Å²) in [5, 5.41) is 6.78. The van der Waals surface area contributed by atoms with Crippen LogP contribution in [-0.2, 0) is 0 Å². The molecule has 1 atom stereocenters. The summed E-state index contributed by atoms with van der Waals surface area (Å²) < 4.78 is 0. The molecular weight excluding hydrogens is 363 g/mol. The normalized spacial score (nSPS) is 21.2. The van der Waals surface area contributed by atoms with Gasteiger partial charge in [-0.2, -0.15) is 0 Å². The fraction of sp³-hybridized carbons (Fsp3) is 0.933. The van der Waals surface area contributed by atoms with E-state index in [-0.39, 0.29) is 29.5 Å². The molecule has 0 saturated carbocycles. The highest BCUT2D eigenvalue weighted by molar-refractivity contribution is 14.0. The number of guanidine groups is 1. The first-order chi connectivity index (χ1) is 8.94. The number of piperidine rings is 1. The van der Waals surface area contributed by atoms with Crippen LogP contribution in [0.3, 0.4) is 0 Å². The average molecular weight is 396 g/mol. The van der Waals surface area contributed by atoms with E-state index >= 15 is 0 Å². The van der Waals surface area contributed by atoms with Gasteiger partial charge in [0.15, 0.2) is 5.96 Å². The lowest BCUT2D eigenvalue weighted by Crippen LogP contribution is -2.48. The van der Waals surface area contributed by atoms with Crippen molar-refractivity contribution in [3.8, 4) is 0 Å². The quantitative estimate of drug-likeness (QED) is 0.436. The monoisotopic (exact) mass is 396 g/mol. The van der Waals surface area contributed by atoms with Gasteiger partial charge in [-0.1, -0.05) is 6.92 Å². The minimum Gasteiger partial charge on any atom is -0.357 e. The summed E-state index contributed by atoms with van der Waals surface area (Å²) >= 11 is 0. The van der Waals surface area contributed by atoms with Crippen LogP contribution in [0.5, 0.6) is 0 Å². The highest BCUT2D eigenvalue weighted by Gasteiger charge is 2.19. The van der Waals surface area contributed by atoms with Crippen LogP contribution < -0.4 is 10.6 Å². The smallest absolute Gasteiger partial charge is 0.191 e. The highest BCUT2D eigenvalue weighted by Crippen LogP contribution is 2.16. The molecule has 2 N–H and O–H groups in total. The second kappa shape index (κ2) is 9.82. The van der Waals surface area contributed by atoms with E-state index in [1.165, 1.54) is 32.5 Å². The van der Waals surface area contributed by atoms with Crippen LogP contribution in [-0.4, -0.2) is 49.1 Å². The number of likely N-dealkylation sites (tertiary alicyclic amines) is 1. The molecule has 0 aromatic heterocycles. The van der Waals surface area contributed by atoms with E-state index in [4.69, 9.17) is 4.99 Å². The van der Waals surface area contributed by atoms with Crippen LogP contribution in [0, 0.1) is 5.92 Å². The maximum absolute atomic E-state index is 4.76. The molecule has 5 heteroatoms. The van der Waals surface area contributed by atoms with Gasteiger partial charge >= 0.3 is 0 Å². The molecule has 0 amide bonds. The summed E-state index contributed by atoms with van der Waals surface area (Å²) in [6.45, 7) is 16.3. The molecule has 0 spiro atoms. The summed E-state index contributed by atoms with van der Waals surface area (Å²) in [7, 11) is 0. The third kappa shape index (κ3) is 8.29. The standard InChI is InChI=1S/C15H32N4.HI/c1-6-16-14(18-15(3,4)5)17-11-13-9-8-10-19(7-2)12-13;/h13H,6-12H2,1-5H3,(H2,16,17,18);1H. The van der Waals surface area contributed by atoms with Gasteiger partial charge in [0.05, 0.1) is 0 Å². The fourth-order valence-electron chi connectivity index (χ4n) is 2.47. The number of rotatable bonds is 4. The summed E-state index contributed by atoms with van der Waals surface area (Å²) in [4.78, 5) is 7.29. The molecule has 1 unspecified atom stereocenters. The zero-order valence-corrected chi connectivity index (χ0v) is 16.2. The van der Waals surface area contributed by atoms with Crippen molar-refractivity contribution in [3.05, 3.63) is 0 Å². The van der Waals surface area contributed by atoms with Crippen molar-refractivity contribution >= 4 is 29.9 Å². The lowest BCUT2D eigenvalue weighted by atomic mass is 9.98. The lowest BCUT2D eigenvalue weighted by molar-refractivity contribution is 0.186. The van der Waals surface area contributed by atoms with Crippen molar-refractivity contribution in [2.45, 2.75) is 53.0 Å². The highest BCUT2D eigenvalue weighted by atomic mass is 127. The first-order valence-corrected chi connectivity index (χ1v) is 7.73. The molecule has 0 aromatic rings. The summed E-state index contributed by atoms with van der Waals surface area (Å²) in [5.41, 5.74) is 0.0586. The first-order valence-electron chi connectivity index (χ1n) is 7.73. The van der Waals surface area contributed by atoms with Crippen LogP contribution in [0.4, 0.5) is 0 Å². The Balaban J connectivity index is 0.00000361. The van der Waals surface area contributed by atoms with Crippen LogP contribution in [0.15, 0.2) is 4.99 Å². The Morgan fingerprint density at radius 2 is 2.00 bits per heavy atom. The van der Waals surface area contributed by atoms with Gasteiger partial charge < -0.3 is 15.5 Å². The zero-order valence-electron chi connectivity index (χ0n) is 13.8. The molecule has 1 heterocycles. The molecule has 120 valence electrons. The maximum atomic E-state index is 4.76. The van der Waals surface area contributed by atoms with Crippen molar-refractivity contribution in [1.29, 1.82) is 0 Å². The Morgan fingerprint density at radius 1 is 1.30 bits per heavy atom. The van der Waals surface area contributed by atoms with E-state index in [0.29, 0.717) is 5.92 Å². The average Bonchev–Trinajstić information content (AvgIpc) is 2.35. The predicted molar refractivity (Wildman–Crippen MR) is 99.1 cm³/mol. The van der Waals surface area contributed by atoms with Crippen molar-refractivity contribution in [3.63, 3.8) is 0 Å². The van der Waals surface area contributed by atoms with E-state index in [9.17, 15) is 0 Å². The number of hydrogen-bond acceptors (Lipinski definition) is 2. The van der Waals surface area contributed by atoms with Crippen LogP contribution in [0.25, 0.3) is 0 Å². The second-order valence-corrected chi connectivity index (χ2v) is 6.50. The molecule has 0 bridgehead atoms. The summed E-state index contributed by atoms with van der Waals surface area (Å²) in [5.74, 6) is 1.66. The van der Waals surface area contributed by atoms with E-state index in [2.05, 4.69) is 50.2 Å². The van der Waals surface area contributed by atoms with Gasteiger partial charge in [-0.15, -0.1) is 24.0 Å². The summed E-state index contributed by atoms with van der Waals surface area (Å²) in [6, 6.07) is 0. The molecule has 1 fully saturated rings. The molecule has 1 aliphatic rings. The zero-order chi connectivity index (χ0) is 14.3. The minimum absolute atomic E-state index is 0.